The van der Waals surface area contributed by atoms with Gasteiger partial charge in [-0.3, -0.25) is 9.63 Å². The van der Waals surface area contributed by atoms with Gasteiger partial charge in [0.25, 0.3) is 5.91 Å². The Morgan fingerprint density at radius 2 is 2.22 bits per heavy atom. The Kier molecular flexibility index (Phi) is 3.93. The molecular weight excluding hydrogens is 253 g/mol. The molecule has 0 bridgehead atoms. The van der Waals surface area contributed by atoms with E-state index in [4.69, 9.17) is 4.84 Å². The number of rotatable bonds is 4. The van der Waals surface area contributed by atoms with Crippen molar-refractivity contribution in [3.05, 3.63) is 35.0 Å². The number of thiophene rings is 1. The highest BCUT2D eigenvalue weighted by molar-refractivity contribution is 7.20. The topological polar surface area (TPSA) is 38.3 Å². The Morgan fingerprint density at radius 3 is 2.94 bits per heavy atom. The minimum atomic E-state index is -0.302. The zero-order valence-electron chi connectivity index (χ0n) is 10.2. The smallest absolute Gasteiger partial charge is 0.273 e. The van der Waals surface area contributed by atoms with Crippen LogP contribution in [0.25, 0.3) is 10.1 Å². The monoisotopic (exact) mass is 267 g/mol. The first kappa shape index (κ1) is 13.0. The van der Waals surface area contributed by atoms with Crippen LogP contribution in [-0.4, -0.2) is 12.5 Å². The molecule has 0 aliphatic rings. The van der Waals surface area contributed by atoms with Crippen LogP contribution in [0.2, 0.25) is 0 Å². The van der Waals surface area contributed by atoms with Gasteiger partial charge in [-0.1, -0.05) is 13.8 Å². The van der Waals surface area contributed by atoms with Crippen molar-refractivity contribution < 1.29 is 14.0 Å². The van der Waals surface area contributed by atoms with Crippen LogP contribution in [-0.2, 0) is 4.84 Å². The van der Waals surface area contributed by atoms with Crippen LogP contribution in [0.4, 0.5) is 4.39 Å². The van der Waals surface area contributed by atoms with Gasteiger partial charge in [-0.05, 0) is 35.6 Å². The first-order valence-electron chi connectivity index (χ1n) is 5.67. The minimum absolute atomic E-state index is 0.294. The van der Waals surface area contributed by atoms with Crippen LogP contribution in [0.15, 0.2) is 24.3 Å². The summed E-state index contributed by atoms with van der Waals surface area (Å²) in [5.74, 6) is -0.248. The highest BCUT2D eigenvalue weighted by Crippen LogP contribution is 2.26. The van der Waals surface area contributed by atoms with E-state index in [0.717, 1.165) is 10.1 Å². The summed E-state index contributed by atoms with van der Waals surface area (Å²) in [6.07, 6.45) is 0. The maximum absolute atomic E-state index is 13.0. The van der Waals surface area contributed by atoms with Crippen LogP contribution in [0, 0.1) is 11.7 Å². The van der Waals surface area contributed by atoms with E-state index in [2.05, 4.69) is 5.48 Å². The molecule has 0 aliphatic heterocycles. The number of hydroxylamine groups is 1. The van der Waals surface area contributed by atoms with E-state index in [1.165, 1.54) is 23.5 Å². The van der Waals surface area contributed by atoms with E-state index in [9.17, 15) is 9.18 Å². The Hall–Kier alpha value is -1.46. The zero-order valence-corrected chi connectivity index (χ0v) is 11.0. The molecule has 1 aromatic heterocycles. The van der Waals surface area contributed by atoms with E-state index < -0.39 is 0 Å². The summed E-state index contributed by atoms with van der Waals surface area (Å²) in [6.45, 7) is 4.45. The van der Waals surface area contributed by atoms with Crippen LogP contribution in [0.1, 0.15) is 23.5 Å². The Labute approximate surface area is 109 Å². The summed E-state index contributed by atoms with van der Waals surface area (Å²) >= 11 is 1.31. The summed E-state index contributed by atoms with van der Waals surface area (Å²) in [7, 11) is 0. The van der Waals surface area contributed by atoms with E-state index in [1.807, 2.05) is 13.8 Å². The van der Waals surface area contributed by atoms with Gasteiger partial charge in [0.1, 0.15) is 5.82 Å². The lowest BCUT2D eigenvalue weighted by atomic mass is 10.2. The number of fused-ring (bicyclic) bond motifs is 1. The summed E-state index contributed by atoms with van der Waals surface area (Å²) in [4.78, 5) is 17.3. The van der Waals surface area contributed by atoms with Gasteiger partial charge in [-0.2, -0.15) is 0 Å². The molecule has 0 atom stereocenters. The van der Waals surface area contributed by atoms with Gasteiger partial charge in [0.15, 0.2) is 0 Å². The molecule has 0 saturated heterocycles. The molecule has 0 unspecified atom stereocenters. The molecule has 0 spiro atoms. The number of nitrogens with one attached hydrogen (secondary N) is 1. The Balaban J connectivity index is 2.08. The molecular formula is C13H14FNO2S. The normalized spacial score (nSPS) is 11.1. The van der Waals surface area contributed by atoms with Crippen LogP contribution in [0.5, 0.6) is 0 Å². The van der Waals surface area contributed by atoms with Crippen molar-refractivity contribution in [2.75, 3.05) is 6.61 Å². The van der Waals surface area contributed by atoms with Crippen LogP contribution in [0.3, 0.4) is 0 Å². The Morgan fingerprint density at radius 1 is 1.44 bits per heavy atom. The third-order valence-corrected chi connectivity index (χ3v) is 3.40. The van der Waals surface area contributed by atoms with E-state index >= 15 is 0 Å². The molecule has 2 rings (SSSR count). The van der Waals surface area contributed by atoms with Crippen LogP contribution < -0.4 is 5.48 Å². The second-order valence-corrected chi connectivity index (χ2v) is 5.51. The van der Waals surface area contributed by atoms with E-state index in [-0.39, 0.29) is 11.7 Å². The second-order valence-electron chi connectivity index (χ2n) is 4.43. The number of amides is 1. The summed E-state index contributed by atoms with van der Waals surface area (Å²) in [5, 5.41) is 0.731. The molecule has 0 fully saturated rings. The number of carbonyl (C=O) groups excluding carboxylic acids is 1. The van der Waals surface area contributed by atoms with Gasteiger partial charge in [0.05, 0.1) is 11.5 Å². The molecule has 0 saturated carbocycles. The van der Waals surface area contributed by atoms with Gasteiger partial charge in [0.2, 0.25) is 0 Å². The molecule has 18 heavy (non-hydrogen) atoms. The maximum atomic E-state index is 13.0. The average molecular weight is 267 g/mol. The van der Waals surface area contributed by atoms with Gasteiger partial charge < -0.3 is 0 Å². The molecule has 1 N–H and O–H groups in total. The molecule has 1 heterocycles. The number of hydrogen-bond acceptors (Lipinski definition) is 3. The van der Waals surface area contributed by atoms with Crippen molar-refractivity contribution in [3.8, 4) is 0 Å². The van der Waals surface area contributed by atoms with E-state index in [0.29, 0.717) is 17.4 Å². The van der Waals surface area contributed by atoms with Crippen molar-refractivity contribution in [2.45, 2.75) is 13.8 Å². The number of halogens is 1. The summed E-state index contributed by atoms with van der Waals surface area (Å²) < 4.78 is 13.9. The minimum Gasteiger partial charge on any atom is -0.273 e. The third kappa shape index (κ3) is 3.05. The van der Waals surface area contributed by atoms with Gasteiger partial charge >= 0.3 is 0 Å². The highest BCUT2D eigenvalue weighted by Gasteiger charge is 2.10. The lowest BCUT2D eigenvalue weighted by molar-refractivity contribution is 0.0212. The Bertz CT molecular complexity index is 565. The fraction of sp³-hybridized carbons (Fsp3) is 0.308. The van der Waals surface area contributed by atoms with Crippen LogP contribution >= 0.6 is 11.3 Å². The summed E-state index contributed by atoms with van der Waals surface area (Å²) in [5.41, 5.74) is 2.38. The van der Waals surface area contributed by atoms with Gasteiger partial charge in [-0.25, -0.2) is 9.87 Å². The third-order valence-electron chi connectivity index (χ3n) is 2.28. The molecule has 0 aliphatic carbocycles. The molecule has 1 amide bonds. The first-order valence-corrected chi connectivity index (χ1v) is 6.49. The molecule has 2 aromatic rings. The number of hydrogen-bond donors (Lipinski definition) is 1. The molecule has 1 aromatic carbocycles. The molecule has 3 nitrogen and oxygen atoms in total. The predicted molar refractivity (Wildman–Crippen MR) is 70.0 cm³/mol. The zero-order chi connectivity index (χ0) is 13.1. The fourth-order valence-electron chi connectivity index (χ4n) is 1.45. The second kappa shape index (κ2) is 5.46. The van der Waals surface area contributed by atoms with Crippen molar-refractivity contribution in [3.63, 3.8) is 0 Å². The maximum Gasteiger partial charge on any atom is 0.284 e. The average Bonchev–Trinajstić information content (AvgIpc) is 2.71. The predicted octanol–water partition coefficient (Wildman–Crippen LogP) is 3.36. The van der Waals surface area contributed by atoms with Gasteiger partial charge in [0, 0.05) is 4.70 Å². The van der Waals surface area contributed by atoms with Crippen molar-refractivity contribution in [2.24, 2.45) is 5.92 Å². The molecule has 0 radical (unpaired) electrons. The molecule has 5 heteroatoms. The number of benzene rings is 1. The lowest BCUT2D eigenvalue weighted by Crippen LogP contribution is -2.24. The van der Waals surface area contributed by atoms with Crippen molar-refractivity contribution in [1.29, 1.82) is 0 Å². The van der Waals surface area contributed by atoms with Crippen molar-refractivity contribution in [1.82, 2.24) is 5.48 Å². The highest BCUT2D eigenvalue weighted by atomic mass is 32.1. The quantitative estimate of drug-likeness (QED) is 0.863. The van der Waals surface area contributed by atoms with Gasteiger partial charge in [-0.15, -0.1) is 11.3 Å². The van der Waals surface area contributed by atoms with E-state index in [1.54, 1.807) is 12.1 Å². The lowest BCUT2D eigenvalue weighted by Gasteiger charge is -2.06. The fourth-order valence-corrected chi connectivity index (χ4v) is 2.38. The standard InChI is InChI=1S/C13H14FNO2S/c1-8(2)7-17-15-13(16)12-6-9-5-10(14)3-4-11(9)18-12/h3-6,8H,7H2,1-2H3,(H,15,16). The largest absolute Gasteiger partial charge is 0.284 e. The van der Waals surface area contributed by atoms with Crippen molar-refractivity contribution >= 4 is 27.3 Å². The summed E-state index contributed by atoms with van der Waals surface area (Å²) in [6, 6.07) is 6.13. The SMILES string of the molecule is CC(C)CONC(=O)c1cc2cc(F)ccc2s1. The molecule has 96 valence electrons. The first-order chi connectivity index (χ1) is 8.56. The number of carbonyl (C=O) groups is 1.